The Balaban J connectivity index is 2.60. The number of nitrogens with one attached hydrogen (secondary N) is 1. The summed E-state index contributed by atoms with van der Waals surface area (Å²) >= 11 is 1.80. The Morgan fingerprint density at radius 3 is 2.42 bits per heavy atom. The number of amides is 1. The smallest absolute Gasteiger partial charge is 0.252 e. The Kier molecular flexibility index (Phi) is 5.71. The summed E-state index contributed by atoms with van der Waals surface area (Å²) in [5.74, 6) is 1.52. The summed E-state index contributed by atoms with van der Waals surface area (Å²) in [4.78, 5) is 14.4. The number of thioether (sulfide) groups is 1. The second kappa shape index (κ2) is 6.46. The van der Waals surface area contributed by atoms with Crippen LogP contribution >= 0.6 is 11.8 Å². The third-order valence-electron chi connectivity index (χ3n) is 3.99. The Bertz CT molecular complexity index is 313. The number of carbonyl (C=O) groups is 1. The van der Waals surface area contributed by atoms with Crippen LogP contribution in [0.2, 0.25) is 0 Å². The first kappa shape index (κ1) is 16.8. The van der Waals surface area contributed by atoms with Crippen molar-refractivity contribution in [3.63, 3.8) is 0 Å². The van der Waals surface area contributed by atoms with Gasteiger partial charge in [-0.2, -0.15) is 11.8 Å². The Labute approximate surface area is 121 Å². The van der Waals surface area contributed by atoms with Crippen molar-refractivity contribution in [1.82, 2.24) is 10.2 Å². The second-order valence-corrected chi connectivity index (χ2v) is 7.79. The summed E-state index contributed by atoms with van der Waals surface area (Å²) in [6.07, 6.45) is 1.12. The maximum Gasteiger partial charge on any atom is 0.252 e. The predicted octanol–water partition coefficient (Wildman–Crippen LogP) is 1.34. The molecule has 19 heavy (non-hydrogen) atoms. The highest BCUT2D eigenvalue weighted by atomic mass is 32.2. The average Bonchev–Trinajstić information content (AvgIpc) is 2.28. The van der Waals surface area contributed by atoms with Crippen molar-refractivity contribution in [1.29, 1.82) is 0 Å². The van der Waals surface area contributed by atoms with Crippen molar-refractivity contribution in [3.05, 3.63) is 0 Å². The summed E-state index contributed by atoms with van der Waals surface area (Å²) < 4.78 is 0. The van der Waals surface area contributed by atoms with Crippen molar-refractivity contribution in [3.8, 4) is 0 Å². The fraction of sp³-hybridized carbons (Fsp3) is 0.929. The molecular formula is C14H28N2O2S. The summed E-state index contributed by atoms with van der Waals surface area (Å²) in [7, 11) is 4.06. The van der Waals surface area contributed by atoms with E-state index in [0.29, 0.717) is 12.8 Å². The summed E-state index contributed by atoms with van der Waals surface area (Å²) in [5.41, 5.74) is -1.19. The van der Waals surface area contributed by atoms with E-state index in [9.17, 15) is 9.90 Å². The van der Waals surface area contributed by atoms with Gasteiger partial charge in [-0.1, -0.05) is 13.8 Å². The van der Waals surface area contributed by atoms with Crippen LogP contribution in [0.5, 0.6) is 0 Å². The standard InChI is InChI=1S/C14H28N2O2S/c1-11(13(2,3)10-16(4)5)15-12(17)14(18)6-8-19-9-7-14/h11,18H,6-10H2,1-5H3,(H,15,17). The zero-order valence-corrected chi connectivity index (χ0v) is 13.6. The van der Waals surface area contributed by atoms with Crippen LogP contribution in [0.15, 0.2) is 0 Å². The molecule has 4 nitrogen and oxygen atoms in total. The van der Waals surface area contributed by atoms with Gasteiger partial charge in [0.1, 0.15) is 5.60 Å². The van der Waals surface area contributed by atoms with E-state index in [4.69, 9.17) is 0 Å². The maximum atomic E-state index is 12.3. The molecule has 1 heterocycles. The summed E-state index contributed by atoms with van der Waals surface area (Å²) in [6.45, 7) is 7.18. The van der Waals surface area contributed by atoms with Crippen LogP contribution in [0.25, 0.3) is 0 Å². The van der Waals surface area contributed by atoms with Gasteiger partial charge in [0, 0.05) is 12.6 Å². The van der Waals surface area contributed by atoms with Gasteiger partial charge in [-0.3, -0.25) is 4.79 Å². The number of carbonyl (C=O) groups excluding carboxylic acids is 1. The minimum atomic E-state index is -1.16. The van der Waals surface area contributed by atoms with Crippen molar-refractivity contribution >= 4 is 17.7 Å². The van der Waals surface area contributed by atoms with Gasteiger partial charge in [-0.05, 0) is 50.8 Å². The van der Waals surface area contributed by atoms with Crippen LogP contribution in [-0.2, 0) is 4.79 Å². The van der Waals surface area contributed by atoms with E-state index in [2.05, 4.69) is 24.1 Å². The van der Waals surface area contributed by atoms with Gasteiger partial charge in [-0.15, -0.1) is 0 Å². The number of aliphatic hydroxyl groups is 1. The Morgan fingerprint density at radius 1 is 1.42 bits per heavy atom. The third-order valence-corrected chi connectivity index (χ3v) is 4.97. The number of hydrogen-bond acceptors (Lipinski definition) is 4. The van der Waals surface area contributed by atoms with Gasteiger partial charge in [0.25, 0.3) is 5.91 Å². The molecule has 1 unspecified atom stereocenters. The van der Waals surface area contributed by atoms with E-state index >= 15 is 0 Å². The molecule has 1 atom stereocenters. The molecule has 2 N–H and O–H groups in total. The summed E-state index contributed by atoms with van der Waals surface area (Å²) in [5, 5.41) is 13.4. The SMILES string of the molecule is CC(NC(=O)C1(O)CCSCC1)C(C)(C)CN(C)C. The molecule has 0 aromatic heterocycles. The van der Waals surface area contributed by atoms with Crippen LogP contribution in [0.4, 0.5) is 0 Å². The van der Waals surface area contributed by atoms with E-state index in [1.54, 1.807) is 11.8 Å². The van der Waals surface area contributed by atoms with Gasteiger partial charge in [-0.25, -0.2) is 0 Å². The van der Waals surface area contributed by atoms with E-state index < -0.39 is 5.60 Å². The van der Waals surface area contributed by atoms with Gasteiger partial charge >= 0.3 is 0 Å². The first-order chi connectivity index (χ1) is 8.67. The van der Waals surface area contributed by atoms with E-state index in [-0.39, 0.29) is 17.4 Å². The van der Waals surface area contributed by atoms with Crippen LogP contribution in [0.1, 0.15) is 33.6 Å². The van der Waals surface area contributed by atoms with E-state index in [0.717, 1.165) is 18.1 Å². The highest BCUT2D eigenvalue weighted by Crippen LogP contribution is 2.28. The topological polar surface area (TPSA) is 52.6 Å². The molecular weight excluding hydrogens is 260 g/mol. The van der Waals surface area contributed by atoms with Gasteiger partial charge in [0.2, 0.25) is 0 Å². The predicted molar refractivity (Wildman–Crippen MR) is 81.4 cm³/mol. The van der Waals surface area contributed by atoms with Gasteiger partial charge < -0.3 is 15.3 Å². The normalized spacial score (nSPS) is 21.2. The molecule has 0 bridgehead atoms. The molecule has 0 saturated carbocycles. The first-order valence-electron chi connectivity index (χ1n) is 6.93. The average molecular weight is 288 g/mol. The molecule has 0 aliphatic carbocycles. The molecule has 1 aliphatic heterocycles. The molecule has 5 heteroatoms. The quantitative estimate of drug-likeness (QED) is 0.801. The van der Waals surface area contributed by atoms with Crippen molar-refractivity contribution in [2.24, 2.45) is 5.41 Å². The molecule has 1 aliphatic rings. The van der Waals surface area contributed by atoms with Gasteiger partial charge in [0.15, 0.2) is 0 Å². The molecule has 0 radical (unpaired) electrons. The van der Waals surface area contributed by atoms with Crippen LogP contribution < -0.4 is 5.32 Å². The highest BCUT2D eigenvalue weighted by Gasteiger charge is 2.39. The number of nitrogens with zero attached hydrogens (tertiary/aromatic N) is 1. The molecule has 0 aromatic rings. The number of hydrogen-bond donors (Lipinski definition) is 2. The van der Waals surface area contributed by atoms with E-state index in [1.165, 1.54) is 0 Å². The molecule has 112 valence electrons. The second-order valence-electron chi connectivity index (χ2n) is 6.57. The molecule has 1 fully saturated rings. The zero-order chi connectivity index (χ0) is 14.7. The lowest BCUT2D eigenvalue weighted by Crippen LogP contribution is -2.55. The van der Waals surface area contributed by atoms with Crippen LogP contribution in [0.3, 0.4) is 0 Å². The minimum Gasteiger partial charge on any atom is -0.380 e. The number of rotatable bonds is 5. The lowest BCUT2D eigenvalue weighted by Gasteiger charge is -2.38. The van der Waals surface area contributed by atoms with Crippen LogP contribution in [0, 0.1) is 5.41 Å². The van der Waals surface area contributed by atoms with E-state index in [1.807, 2.05) is 21.0 Å². The van der Waals surface area contributed by atoms with Crippen molar-refractivity contribution in [2.75, 3.05) is 32.1 Å². The Hall–Kier alpha value is -0.260. The fourth-order valence-corrected chi connectivity index (χ4v) is 3.58. The lowest BCUT2D eigenvalue weighted by atomic mass is 9.84. The largest absolute Gasteiger partial charge is 0.380 e. The molecule has 1 rings (SSSR count). The van der Waals surface area contributed by atoms with Crippen molar-refractivity contribution < 1.29 is 9.90 Å². The third kappa shape index (κ3) is 4.65. The van der Waals surface area contributed by atoms with Crippen molar-refractivity contribution in [2.45, 2.75) is 45.3 Å². The first-order valence-corrected chi connectivity index (χ1v) is 8.09. The molecule has 0 spiro atoms. The fourth-order valence-electron chi connectivity index (χ4n) is 2.41. The lowest BCUT2D eigenvalue weighted by molar-refractivity contribution is -0.142. The highest BCUT2D eigenvalue weighted by molar-refractivity contribution is 7.99. The molecule has 0 aromatic carbocycles. The maximum absolute atomic E-state index is 12.3. The molecule has 1 amide bonds. The summed E-state index contributed by atoms with van der Waals surface area (Å²) in [6, 6.07) is 0.0287. The van der Waals surface area contributed by atoms with Crippen LogP contribution in [-0.4, -0.2) is 59.7 Å². The van der Waals surface area contributed by atoms with Gasteiger partial charge in [0.05, 0.1) is 0 Å². The monoisotopic (exact) mass is 288 g/mol. The Morgan fingerprint density at radius 2 is 1.95 bits per heavy atom. The zero-order valence-electron chi connectivity index (χ0n) is 12.8. The molecule has 1 saturated heterocycles. The minimum absolute atomic E-state index is 0.0287.